The summed E-state index contributed by atoms with van der Waals surface area (Å²) in [4.78, 5) is 0. The molecule has 1 N–H and O–H groups in total. The van der Waals surface area contributed by atoms with Gasteiger partial charge in [-0.1, -0.05) is 45.4 Å². The van der Waals surface area contributed by atoms with E-state index < -0.39 is 0 Å². The highest BCUT2D eigenvalue weighted by Gasteiger charge is 2.25. The summed E-state index contributed by atoms with van der Waals surface area (Å²) in [6.07, 6.45) is 3.77. The highest BCUT2D eigenvalue weighted by molar-refractivity contribution is 6.31. The van der Waals surface area contributed by atoms with Crippen molar-refractivity contribution in [3.8, 4) is 0 Å². The van der Waals surface area contributed by atoms with E-state index in [-0.39, 0.29) is 5.41 Å². The molecule has 1 unspecified atom stereocenters. The minimum absolute atomic E-state index is 0.0174. The average Bonchev–Trinajstić information content (AvgIpc) is 2.74. The normalized spacial score (nSPS) is 14.4. The Morgan fingerprint density at radius 2 is 2.10 bits per heavy atom. The van der Waals surface area contributed by atoms with Crippen molar-refractivity contribution in [2.24, 2.45) is 11.3 Å². The predicted molar refractivity (Wildman–Crippen MR) is 92.0 cm³/mol. The molecule has 0 fully saturated rings. The zero-order valence-electron chi connectivity index (χ0n) is 14.2. The quantitative estimate of drug-likeness (QED) is 0.696. The smallest absolute Gasteiger partial charge is 0.0850 e. The third-order valence-electron chi connectivity index (χ3n) is 3.84. The molecular formula is C17H30ClN3. The van der Waals surface area contributed by atoms with Crippen molar-refractivity contribution in [1.82, 2.24) is 15.1 Å². The van der Waals surface area contributed by atoms with E-state index in [9.17, 15) is 0 Å². The van der Waals surface area contributed by atoms with Gasteiger partial charge in [0.25, 0.3) is 0 Å². The average molecular weight is 312 g/mol. The van der Waals surface area contributed by atoms with Gasteiger partial charge in [0, 0.05) is 24.9 Å². The molecule has 3 nitrogen and oxygen atoms in total. The minimum atomic E-state index is -0.0174. The molecule has 1 atom stereocenters. The Balaban J connectivity index is 2.89. The molecule has 0 spiro atoms. The summed E-state index contributed by atoms with van der Waals surface area (Å²) < 4.78 is 2.03. The third-order valence-corrected chi connectivity index (χ3v) is 4.28. The van der Waals surface area contributed by atoms with Crippen molar-refractivity contribution in [3.63, 3.8) is 0 Å². The first-order chi connectivity index (χ1) is 9.86. The fourth-order valence-electron chi connectivity index (χ4n) is 2.42. The molecule has 1 aromatic heterocycles. The fourth-order valence-corrected chi connectivity index (χ4v) is 2.76. The largest absolute Gasteiger partial charge is 0.316 e. The van der Waals surface area contributed by atoms with Crippen LogP contribution in [0, 0.1) is 11.3 Å². The van der Waals surface area contributed by atoms with Crippen LogP contribution in [0.5, 0.6) is 0 Å². The molecule has 1 aromatic rings. The molecule has 0 amide bonds. The first-order valence-corrected chi connectivity index (χ1v) is 8.33. The Hall–Kier alpha value is -0.800. The van der Waals surface area contributed by atoms with Crippen molar-refractivity contribution in [1.29, 1.82) is 0 Å². The number of rotatable bonds is 9. The van der Waals surface area contributed by atoms with Crippen molar-refractivity contribution in [3.05, 3.63) is 29.1 Å². The molecule has 0 aliphatic rings. The van der Waals surface area contributed by atoms with Crippen LogP contribution in [-0.2, 0) is 19.4 Å². The van der Waals surface area contributed by atoms with E-state index in [1.54, 1.807) is 0 Å². The predicted octanol–water partition coefficient (Wildman–Crippen LogP) is 4.10. The van der Waals surface area contributed by atoms with Crippen LogP contribution in [-0.4, -0.2) is 22.9 Å². The lowest BCUT2D eigenvalue weighted by Crippen LogP contribution is -2.34. The van der Waals surface area contributed by atoms with Crippen molar-refractivity contribution >= 4 is 11.6 Å². The van der Waals surface area contributed by atoms with Gasteiger partial charge in [-0.15, -0.1) is 6.58 Å². The van der Waals surface area contributed by atoms with Gasteiger partial charge >= 0.3 is 0 Å². The summed E-state index contributed by atoms with van der Waals surface area (Å²) in [6, 6.07) is 0. The maximum Gasteiger partial charge on any atom is 0.0850 e. The Morgan fingerprint density at radius 3 is 2.57 bits per heavy atom. The summed E-state index contributed by atoms with van der Waals surface area (Å²) in [6.45, 7) is 17.7. The fraction of sp³-hybridized carbons (Fsp3) is 0.706. The second-order valence-corrected chi connectivity index (χ2v) is 6.81. The third kappa shape index (κ3) is 4.86. The lowest BCUT2D eigenvalue weighted by molar-refractivity contribution is 0.367. The summed E-state index contributed by atoms with van der Waals surface area (Å²) in [5.41, 5.74) is 2.11. The second-order valence-electron chi connectivity index (χ2n) is 6.44. The highest BCUT2D eigenvalue weighted by atomic mass is 35.5. The van der Waals surface area contributed by atoms with E-state index in [4.69, 9.17) is 11.6 Å². The molecule has 1 rings (SSSR count). The van der Waals surface area contributed by atoms with Gasteiger partial charge in [-0.3, -0.25) is 4.68 Å². The van der Waals surface area contributed by atoms with Crippen molar-refractivity contribution in [2.75, 3.05) is 13.1 Å². The maximum absolute atomic E-state index is 6.52. The maximum atomic E-state index is 6.52. The van der Waals surface area contributed by atoms with Gasteiger partial charge in [-0.2, -0.15) is 5.10 Å². The van der Waals surface area contributed by atoms with Crippen LogP contribution in [0.15, 0.2) is 12.7 Å². The first-order valence-electron chi connectivity index (χ1n) is 7.95. The molecule has 0 aliphatic carbocycles. The number of hydrogen-bond donors (Lipinski definition) is 1. The van der Waals surface area contributed by atoms with E-state index in [2.05, 4.69) is 51.6 Å². The van der Waals surface area contributed by atoms with Crippen LogP contribution in [0.1, 0.15) is 46.0 Å². The van der Waals surface area contributed by atoms with Crippen LogP contribution in [0.2, 0.25) is 5.02 Å². The Bertz CT molecular complexity index is 465. The lowest BCUT2D eigenvalue weighted by Gasteiger charge is -2.27. The zero-order valence-corrected chi connectivity index (χ0v) is 14.9. The molecule has 0 saturated carbocycles. The summed E-state index contributed by atoms with van der Waals surface area (Å²) >= 11 is 6.52. The van der Waals surface area contributed by atoms with Gasteiger partial charge in [-0.25, -0.2) is 0 Å². The molecule has 120 valence electrons. The van der Waals surface area contributed by atoms with Crippen molar-refractivity contribution in [2.45, 2.75) is 54.0 Å². The van der Waals surface area contributed by atoms with Gasteiger partial charge in [-0.05, 0) is 25.8 Å². The van der Waals surface area contributed by atoms with Gasteiger partial charge in [0.15, 0.2) is 0 Å². The van der Waals surface area contributed by atoms with Crippen LogP contribution in [0.25, 0.3) is 0 Å². The van der Waals surface area contributed by atoms with Crippen LogP contribution in [0.3, 0.4) is 0 Å². The van der Waals surface area contributed by atoms with Crippen molar-refractivity contribution < 1.29 is 0 Å². The molecule has 0 bridgehead atoms. The highest BCUT2D eigenvalue weighted by Crippen LogP contribution is 2.30. The Kier molecular flexibility index (Phi) is 6.95. The zero-order chi connectivity index (χ0) is 16.0. The molecule has 0 aliphatic heterocycles. The first kappa shape index (κ1) is 18.2. The van der Waals surface area contributed by atoms with E-state index in [0.717, 1.165) is 48.9 Å². The number of hydrogen-bond acceptors (Lipinski definition) is 2. The van der Waals surface area contributed by atoms with E-state index >= 15 is 0 Å². The number of aromatic nitrogens is 2. The number of aryl methyl sites for hydroxylation is 2. The summed E-state index contributed by atoms with van der Waals surface area (Å²) in [7, 11) is 0. The van der Waals surface area contributed by atoms with Crippen LogP contribution < -0.4 is 5.32 Å². The monoisotopic (exact) mass is 311 g/mol. The topological polar surface area (TPSA) is 29.9 Å². The molecule has 21 heavy (non-hydrogen) atoms. The number of nitrogens with one attached hydrogen (secondary N) is 1. The SMILES string of the molecule is C=CC(C)(CNCC(C)C)Cc1c(Cl)c(CC)nn1CC. The van der Waals surface area contributed by atoms with Crippen LogP contribution >= 0.6 is 11.6 Å². The van der Waals surface area contributed by atoms with Gasteiger partial charge < -0.3 is 5.32 Å². The molecule has 0 saturated heterocycles. The second kappa shape index (κ2) is 8.00. The summed E-state index contributed by atoms with van der Waals surface area (Å²) in [5, 5.41) is 8.96. The van der Waals surface area contributed by atoms with E-state index in [0.29, 0.717) is 5.92 Å². The Labute approximate surface area is 134 Å². The molecule has 4 heteroatoms. The molecule has 0 radical (unpaired) electrons. The van der Waals surface area contributed by atoms with Gasteiger partial charge in [0.1, 0.15) is 0 Å². The molecule has 1 heterocycles. The number of halogens is 1. The van der Waals surface area contributed by atoms with Gasteiger partial charge in [0.2, 0.25) is 0 Å². The Morgan fingerprint density at radius 1 is 1.43 bits per heavy atom. The standard InChI is InChI=1S/C17H30ClN3/c1-7-14-16(18)15(21(9-3)20-14)10-17(6,8-2)12-19-11-13(4)5/h8,13,19H,2,7,9-12H2,1,3-6H3. The molecule has 0 aromatic carbocycles. The lowest BCUT2D eigenvalue weighted by atomic mass is 9.85. The van der Waals surface area contributed by atoms with E-state index in [1.165, 1.54) is 0 Å². The minimum Gasteiger partial charge on any atom is -0.316 e. The molecular weight excluding hydrogens is 282 g/mol. The number of nitrogens with zero attached hydrogens (tertiary/aromatic N) is 2. The van der Waals surface area contributed by atoms with Crippen LogP contribution in [0.4, 0.5) is 0 Å². The van der Waals surface area contributed by atoms with E-state index in [1.807, 2.05) is 10.8 Å². The van der Waals surface area contributed by atoms with Gasteiger partial charge in [0.05, 0.1) is 16.4 Å². The summed E-state index contributed by atoms with van der Waals surface area (Å²) in [5.74, 6) is 0.649.